The fourth-order valence-corrected chi connectivity index (χ4v) is 3.21. The number of nitrogens with zero attached hydrogens (tertiary/aromatic N) is 3. The van der Waals surface area contributed by atoms with Crippen molar-refractivity contribution in [2.75, 3.05) is 6.54 Å². The topological polar surface area (TPSA) is 87.5 Å². The number of imidazole rings is 1. The van der Waals surface area contributed by atoms with Gasteiger partial charge in [-0.1, -0.05) is 0 Å². The fraction of sp³-hybridized carbons (Fsp3) is 0.688. The molecule has 7 heteroatoms. The summed E-state index contributed by atoms with van der Waals surface area (Å²) in [5.74, 6) is -0.185. The Kier molecular flexibility index (Phi) is 4.39. The maximum absolute atomic E-state index is 12.6. The lowest BCUT2D eigenvalue weighted by Gasteiger charge is -2.34. The molecule has 2 N–H and O–H groups in total. The van der Waals surface area contributed by atoms with Crippen LogP contribution in [-0.2, 0) is 17.9 Å². The Hall–Kier alpha value is -1.89. The van der Waals surface area contributed by atoms with Gasteiger partial charge in [-0.15, -0.1) is 0 Å². The van der Waals surface area contributed by atoms with Crippen molar-refractivity contribution in [3.05, 3.63) is 17.7 Å². The maximum Gasteiger partial charge on any atom is 0.272 e. The van der Waals surface area contributed by atoms with Crippen LogP contribution in [0.15, 0.2) is 6.33 Å². The van der Waals surface area contributed by atoms with Crippen LogP contribution in [0.4, 0.5) is 0 Å². The van der Waals surface area contributed by atoms with Gasteiger partial charge in [0.15, 0.2) is 5.69 Å². The number of amides is 2. The molecular formula is C16H24N4O3. The number of nitrogens with one attached hydrogen (secondary N) is 1. The second-order valence-corrected chi connectivity index (χ2v) is 6.80. The molecule has 2 heterocycles. The van der Waals surface area contributed by atoms with Gasteiger partial charge in [-0.05, 0) is 33.1 Å². The average molecular weight is 320 g/mol. The number of hydrogen-bond donors (Lipinski definition) is 2. The number of aromatic nitrogens is 2. The zero-order valence-electron chi connectivity index (χ0n) is 13.7. The Balaban J connectivity index is 1.77. The highest BCUT2D eigenvalue weighted by molar-refractivity contribution is 5.93. The zero-order chi connectivity index (χ0) is 16.6. The number of carbonyl (C=O) groups is 2. The van der Waals surface area contributed by atoms with E-state index < -0.39 is 0 Å². The van der Waals surface area contributed by atoms with Crippen molar-refractivity contribution in [2.45, 2.75) is 58.3 Å². The first-order chi connectivity index (χ1) is 11.0. The van der Waals surface area contributed by atoms with Crippen LogP contribution in [-0.4, -0.2) is 50.1 Å². The third-order valence-corrected chi connectivity index (χ3v) is 4.52. The molecule has 1 aliphatic carbocycles. The highest BCUT2D eigenvalue weighted by Crippen LogP contribution is 2.30. The second kappa shape index (κ2) is 6.31. The minimum absolute atomic E-state index is 0.0415. The third kappa shape index (κ3) is 3.24. The third-order valence-electron chi connectivity index (χ3n) is 4.52. The summed E-state index contributed by atoms with van der Waals surface area (Å²) in [6.07, 6.45) is 3.29. The van der Waals surface area contributed by atoms with Gasteiger partial charge in [0, 0.05) is 25.0 Å². The summed E-state index contributed by atoms with van der Waals surface area (Å²) in [6, 6.07) is 0.0415. The number of aliphatic hydroxyl groups excluding tert-OH is 1. The summed E-state index contributed by atoms with van der Waals surface area (Å²) >= 11 is 0. The van der Waals surface area contributed by atoms with Gasteiger partial charge in [0.25, 0.3) is 5.91 Å². The van der Waals surface area contributed by atoms with Crippen molar-refractivity contribution < 1.29 is 14.7 Å². The van der Waals surface area contributed by atoms with Gasteiger partial charge in [0.2, 0.25) is 5.91 Å². The highest BCUT2D eigenvalue weighted by Gasteiger charge is 2.36. The molecule has 3 rings (SSSR count). The molecule has 0 radical (unpaired) electrons. The van der Waals surface area contributed by atoms with Crippen molar-refractivity contribution >= 4 is 11.8 Å². The maximum atomic E-state index is 12.6. The molecule has 0 atom stereocenters. The molecule has 0 unspecified atom stereocenters. The molecule has 0 saturated heterocycles. The first-order valence-electron chi connectivity index (χ1n) is 8.27. The lowest BCUT2D eigenvalue weighted by atomic mass is 9.81. The Bertz CT molecular complexity index is 604. The summed E-state index contributed by atoms with van der Waals surface area (Å²) in [4.78, 5) is 30.9. The second-order valence-electron chi connectivity index (χ2n) is 6.80. The molecule has 23 heavy (non-hydrogen) atoms. The lowest BCUT2D eigenvalue weighted by molar-refractivity contribution is -0.143. The van der Waals surface area contributed by atoms with E-state index in [0.717, 1.165) is 18.7 Å². The molecule has 0 aromatic carbocycles. The molecule has 7 nitrogen and oxygen atoms in total. The van der Waals surface area contributed by atoms with Crippen molar-refractivity contribution in [1.29, 1.82) is 0 Å². The van der Waals surface area contributed by atoms with E-state index in [1.807, 2.05) is 23.3 Å². The summed E-state index contributed by atoms with van der Waals surface area (Å²) in [7, 11) is 0. The van der Waals surface area contributed by atoms with Crippen LogP contribution in [0.25, 0.3) is 0 Å². The quantitative estimate of drug-likeness (QED) is 0.850. The normalized spacial score (nSPS) is 23.9. The van der Waals surface area contributed by atoms with E-state index in [-0.39, 0.29) is 29.9 Å². The van der Waals surface area contributed by atoms with Crippen LogP contribution in [0.3, 0.4) is 0 Å². The van der Waals surface area contributed by atoms with E-state index >= 15 is 0 Å². The summed E-state index contributed by atoms with van der Waals surface area (Å²) in [5, 5.41) is 12.3. The standard InChI is InChI=1S/C16H24N4O3/c1-10(2)18-15(22)14-13-8-19(4-3-5-20(13)9-17-14)16(23)11-6-12(21)7-11/h9-12,21H,3-8H2,1-2H3,(H,18,22). The summed E-state index contributed by atoms with van der Waals surface area (Å²) in [5.41, 5.74) is 1.21. The van der Waals surface area contributed by atoms with Crippen LogP contribution in [0.2, 0.25) is 0 Å². The first kappa shape index (κ1) is 16.0. The van der Waals surface area contributed by atoms with Gasteiger partial charge in [0.05, 0.1) is 24.7 Å². The van der Waals surface area contributed by atoms with Gasteiger partial charge < -0.3 is 19.9 Å². The van der Waals surface area contributed by atoms with Gasteiger partial charge in [-0.2, -0.15) is 0 Å². The largest absolute Gasteiger partial charge is 0.393 e. The van der Waals surface area contributed by atoms with Crippen LogP contribution < -0.4 is 5.32 Å². The molecule has 1 aromatic rings. The first-order valence-corrected chi connectivity index (χ1v) is 8.27. The van der Waals surface area contributed by atoms with E-state index in [1.165, 1.54) is 0 Å². The van der Waals surface area contributed by atoms with Crippen molar-refractivity contribution in [2.24, 2.45) is 5.92 Å². The molecule has 1 aliphatic heterocycles. The molecule has 2 aliphatic rings. The van der Waals surface area contributed by atoms with Crippen molar-refractivity contribution in [3.8, 4) is 0 Å². The van der Waals surface area contributed by atoms with Crippen LogP contribution in [0, 0.1) is 5.92 Å². The van der Waals surface area contributed by atoms with Crippen molar-refractivity contribution in [3.63, 3.8) is 0 Å². The predicted molar refractivity (Wildman–Crippen MR) is 83.6 cm³/mol. The van der Waals surface area contributed by atoms with E-state index in [9.17, 15) is 14.7 Å². The SMILES string of the molecule is CC(C)NC(=O)c1ncn2c1CN(C(=O)C1CC(O)C1)CCC2. The van der Waals surface area contributed by atoms with E-state index in [4.69, 9.17) is 0 Å². The van der Waals surface area contributed by atoms with E-state index in [1.54, 1.807) is 6.33 Å². The molecule has 0 bridgehead atoms. The van der Waals surface area contributed by atoms with Gasteiger partial charge in [-0.3, -0.25) is 9.59 Å². The molecule has 0 spiro atoms. The minimum Gasteiger partial charge on any atom is -0.393 e. The smallest absolute Gasteiger partial charge is 0.272 e. The Morgan fingerprint density at radius 1 is 1.35 bits per heavy atom. The zero-order valence-corrected chi connectivity index (χ0v) is 13.7. The Morgan fingerprint density at radius 2 is 2.09 bits per heavy atom. The number of carbonyl (C=O) groups excluding carboxylic acids is 2. The number of fused-ring (bicyclic) bond motifs is 1. The van der Waals surface area contributed by atoms with Gasteiger partial charge in [0.1, 0.15) is 0 Å². The van der Waals surface area contributed by atoms with Crippen LogP contribution >= 0.6 is 0 Å². The predicted octanol–water partition coefficient (Wildman–Crippen LogP) is 0.524. The van der Waals surface area contributed by atoms with E-state index in [0.29, 0.717) is 31.6 Å². The number of hydrogen-bond acceptors (Lipinski definition) is 4. The number of aryl methyl sites for hydroxylation is 1. The van der Waals surface area contributed by atoms with Gasteiger partial charge in [-0.25, -0.2) is 4.98 Å². The average Bonchev–Trinajstić information content (AvgIpc) is 2.73. The Labute approximate surface area is 135 Å². The summed E-state index contributed by atoms with van der Waals surface area (Å²) in [6.45, 7) is 5.66. The van der Waals surface area contributed by atoms with Crippen LogP contribution in [0.1, 0.15) is 49.3 Å². The molecule has 2 amide bonds. The van der Waals surface area contributed by atoms with Gasteiger partial charge >= 0.3 is 0 Å². The van der Waals surface area contributed by atoms with Crippen LogP contribution in [0.5, 0.6) is 0 Å². The number of aliphatic hydroxyl groups is 1. The lowest BCUT2D eigenvalue weighted by Crippen LogP contribution is -2.43. The molecule has 1 aromatic heterocycles. The fourth-order valence-electron chi connectivity index (χ4n) is 3.21. The Morgan fingerprint density at radius 3 is 2.74 bits per heavy atom. The molecule has 1 saturated carbocycles. The molecular weight excluding hydrogens is 296 g/mol. The highest BCUT2D eigenvalue weighted by atomic mass is 16.3. The monoisotopic (exact) mass is 320 g/mol. The van der Waals surface area contributed by atoms with Crippen molar-refractivity contribution in [1.82, 2.24) is 19.8 Å². The molecule has 126 valence electrons. The van der Waals surface area contributed by atoms with E-state index in [2.05, 4.69) is 10.3 Å². The number of rotatable bonds is 3. The summed E-state index contributed by atoms with van der Waals surface area (Å²) < 4.78 is 1.97. The molecule has 1 fully saturated rings. The minimum atomic E-state index is -0.339.